The van der Waals surface area contributed by atoms with Crippen LogP contribution in [0.2, 0.25) is 0 Å². The molecule has 0 fully saturated rings. The SMILES string of the molecule is O=C(O)CC(S)(CO)C(=O)O. The molecular weight excluding hydrogens is 172 g/mol. The fourth-order valence-electron chi connectivity index (χ4n) is 0.449. The van der Waals surface area contributed by atoms with Crippen LogP contribution in [0.3, 0.4) is 0 Å². The number of aliphatic hydroxyl groups is 1. The number of hydrogen-bond acceptors (Lipinski definition) is 4. The van der Waals surface area contributed by atoms with E-state index in [4.69, 9.17) is 15.3 Å². The van der Waals surface area contributed by atoms with Gasteiger partial charge in [0.05, 0.1) is 13.0 Å². The number of carboxylic acid groups (broad SMARTS) is 2. The Morgan fingerprint density at radius 3 is 1.91 bits per heavy atom. The van der Waals surface area contributed by atoms with E-state index in [9.17, 15) is 9.59 Å². The van der Waals surface area contributed by atoms with E-state index in [0.717, 1.165) is 0 Å². The van der Waals surface area contributed by atoms with Crippen LogP contribution in [0.4, 0.5) is 0 Å². The average Bonchev–Trinajstić information content (AvgIpc) is 1.86. The van der Waals surface area contributed by atoms with Crippen LogP contribution < -0.4 is 0 Å². The van der Waals surface area contributed by atoms with Crippen molar-refractivity contribution < 1.29 is 24.9 Å². The molecule has 0 spiro atoms. The summed E-state index contributed by atoms with van der Waals surface area (Å²) in [4.78, 5) is 20.3. The second-order valence-corrected chi connectivity index (χ2v) is 2.92. The summed E-state index contributed by atoms with van der Waals surface area (Å²) in [5.74, 6) is -2.75. The summed E-state index contributed by atoms with van der Waals surface area (Å²) in [5, 5.41) is 25.1. The highest BCUT2D eigenvalue weighted by Crippen LogP contribution is 2.18. The number of rotatable bonds is 4. The van der Waals surface area contributed by atoms with Gasteiger partial charge in [0, 0.05) is 0 Å². The van der Waals surface area contributed by atoms with E-state index in [1.807, 2.05) is 0 Å². The van der Waals surface area contributed by atoms with Crippen LogP contribution in [0.1, 0.15) is 6.42 Å². The summed E-state index contributed by atoms with van der Waals surface area (Å²) in [6, 6.07) is 0. The quantitative estimate of drug-likeness (QED) is 0.425. The van der Waals surface area contributed by atoms with Crippen molar-refractivity contribution in [3.63, 3.8) is 0 Å². The van der Waals surface area contributed by atoms with Crippen molar-refractivity contribution >= 4 is 24.6 Å². The number of thiol groups is 1. The molecule has 0 aromatic rings. The van der Waals surface area contributed by atoms with Crippen molar-refractivity contribution in [1.29, 1.82) is 0 Å². The average molecular weight is 180 g/mol. The molecular formula is C5H8O5S. The summed E-state index contributed by atoms with van der Waals surface area (Å²) in [6.07, 6.45) is -0.706. The molecule has 0 bridgehead atoms. The van der Waals surface area contributed by atoms with Gasteiger partial charge in [0.25, 0.3) is 0 Å². The lowest BCUT2D eigenvalue weighted by atomic mass is 10.1. The predicted octanol–water partition coefficient (Wildman–Crippen LogP) is -0.793. The summed E-state index contributed by atoms with van der Waals surface area (Å²) < 4.78 is -1.87. The lowest BCUT2D eigenvalue weighted by Gasteiger charge is -2.17. The first-order valence-corrected chi connectivity index (χ1v) is 3.15. The molecule has 0 aliphatic carbocycles. The number of aliphatic hydroxyl groups excluding tert-OH is 1. The van der Waals surface area contributed by atoms with Gasteiger partial charge in [0.15, 0.2) is 0 Å². The minimum Gasteiger partial charge on any atom is -0.481 e. The maximum Gasteiger partial charge on any atom is 0.322 e. The van der Waals surface area contributed by atoms with E-state index >= 15 is 0 Å². The highest BCUT2D eigenvalue weighted by atomic mass is 32.1. The Labute approximate surface area is 68.1 Å². The van der Waals surface area contributed by atoms with Crippen LogP contribution in [-0.2, 0) is 9.59 Å². The van der Waals surface area contributed by atoms with Crippen LogP contribution in [0.15, 0.2) is 0 Å². The maximum atomic E-state index is 10.3. The van der Waals surface area contributed by atoms with Crippen LogP contribution in [0.5, 0.6) is 0 Å². The third-order valence-electron chi connectivity index (χ3n) is 1.10. The zero-order chi connectivity index (χ0) is 9.07. The molecule has 0 radical (unpaired) electrons. The van der Waals surface area contributed by atoms with Gasteiger partial charge in [-0.1, -0.05) is 0 Å². The number of hydrogen-bond donors (Lipinski definition) is 4. The van der Waals surface area contributed by atoms with Crippen LogP contribution in [0.25, 0.3) is 0 Å². The fraction of sp³-hybridized carbons (Fsp3) is 0.600. The second-order valence-electron chi connectivity index (χ2n) is 2.07. The van der Waals surface area contributed by atoms with Gasteiger partial charge in [-0.15, -0.1) is 0 Å². The third kappa shape index (κ3) is 2.77. The van der Waals surface area contributed by atoms with E-state index in [1.165, 1.54) is 0 Å². The topological polar surface area (TPSA) is 94.8 Å². The largest absolute Gasteiger partial charge is 0.481 e. The molecule has 0 amide bonds. The standard InChI is InChI=1S/C5H8O5S/c6-2-5(11,4(9)10)1-3(7)8/h6,11H,1-2H2,(H,7,8)(H,9,10). The Bertz CT molecular complexity index is 180. The number of aliphatic carboxylic acids is 2. The molecule has 0 aliphatic rings. The maximum absolute atomic E-state index is 10.3. The molecule has 0 rings (SSSR count). The Morgan fingerprint density at radius 1 is 1.36 bits per heavy atom. The first kappa shape index (κ1) is 10.2. The van der Waals surface area contributed by atoms with Gasteiger partial charge in [-0.25, -0.2) is 0 Å². The molecule has 0 heterocycles. The van der Waals surface area contributed by atoms with Gasteiger partial charge in [0.1, 0.15) is 4.75 Å². The van der Waals surface area contributed by atoms with E-state index < -0.39 is 29.7 Å². The molecule has 0 aromatic carbocycles. The van der Waals surface area contributed by atoms with Crippen LogP contribution in [-0.4, -0.2) is 38.6 Å². The smallest absolute Gasteiger partial charge is 0.322 e. The Hall–Kier alpha value is -0.750. The lowest BCUT2D eigenvalue weighted by Crippen LogP contribution is -2.38. The summed E-state index contributed by atoms with van der Waals surface area (Å²) in [5.41, 5.74) is 0. The fourth-order valence-corrected chi connectivity index (χ4v) is 0.585. The highest BCUT2D eigenvalue weighted by molar-refractivity contribution is 7.82. The van der Waals surface area contributed by atoms with Gasteiger partial charge in [-0.2, -0.15) is 12.6 Å². The molecule has 1 atom stereocenters. The summed E-state index contributed by atoms with van der Waals surface area (Å²) >= 11 is 3.52. The number of carboxylic acids is 2. The molecule has 1 unspecified atom stereocenters. The van der Waals surface area contributed by atoms with Crippen LogP contribution >= 0.6 is 12.6 Å². The highest BCUT2D eigenvalue weighted by Gasteiger charge is 2.36. The Kier molecular flexibility index (Phi) is 3.34. The van der Waals surface area contributed by atoms with Gasteiger partial charge < -0.3 is 15.3 Å². The van der Waals surface area contributed by atoms with E-state index in [1.54, 1.807) is 0 Å². The van der Waals surface area contributed by atoms with Crippen molar-refractivity contribution in [2.45, 2.75) is 11.2 Å². The molecule has 3 N–H and O–H groups in total. The van der Waals surface area contributed by atoms with Crippen molar-refractivity contribution in [2.24, 2.45) is 0 Å². The van der Waals surface area contributed by atoms with E-state index in [0.29, 0.717) is 0 Å². The molecule has 0 aromatic heterocycles. The monoisotopic (exact) mass is 180 g/mol. The van der Waals surface area contributed by atoms with Gasteiger partial charge in [0.2, 0.25) is 0 Å². The van der Waals surface area contributed by atoms with Gasteiger partial charge in [-0.3, -0.25) is 9.59 Å². The zero-order valence-corrected chi connectivity index (χ0v) is 6.41. The van der Waals surface area contributed by atoms with Crippen molar-refractivity contribution in [2.75, 3.05) is 6.61 Å². The van der Waals surface area contributed by atoms with Gasteiger partial charge in [-0.05, 0) is 0 Å². The van der Waals surface area contributed by atoms with Crippen LogP contribution in [0, 0.1) is 0 Å². The molecule has 0 saturated carbocycles. The molecule has 5 nitrogen and oxygen atoms in total. The van der Waals surface area contributed by atoms with Gasteiger partial charge >= 0.3 is 11.9 Å². The Balaban J connectivity index is 4.34. The van der Waals surface area contributed by atoms with Crippen molar-refractivity contribution in [1.82, 2.24) is 0 Å². The van der Waals surface area contributed by atoms with Crippen molar-refractivity contribution in [3.8, 4) is 0 Å². The predicted molar refractivity (Wildman–Crippen MR) is 38.7 cm³/mol. The second kappa shape index (κ2) is 3.59. The van der Waals surface area contributed by atoms with E-state index in [2.05, 4.69) is 12.6 Å². The zero-order valence-electron chi connectivity index (χ0n) is 5.52. The molecule has 64 valence electrons. The molecule has 0 saturated heterocycles. The first-order valence-electron chi connectivity index (χ1n) is 2.71. The molecule has 6 heteroatoms. The third-order valence-corrected chi connectivity index (χ3v) is 1.59. The number of carbonyl (C=O) groups is 2. The normalized spacial score (nSPS) is 15.5. The molecule has 0 aliphatic heterocycles. The van der Waals surface area contributed by atoms with Crippen molar-refractivity contribution in [3.05, 3.63) is 0 Å². The molecule has 11 heavy (non-hydrogen) atoms. The minimum absolute atomic E-state index is 0.706. The summed E-state index contributed by atoms with van der Waals surface area (Å²) in [7, 11) is 0. The lowest BCUT2D eigenvalue weighted by molar-refractivity contribution is -0.147. The minimum atomic E-state index is -1.87. The summed E-state index contributed by atoms with van der Waals surface area (Å²) in [6.45, 7) is -0.808. The Morgan fingerprint density at radius 2 is 1.82 bits per heavy atom. The van der Waals surface area contributed by atoms with E-state index in [-0.39, 0.29) is 0 Å². The first-order chi connectivity index (χ1) is 4.92.